The van der Waals surface area contributed by atoms with Gasteiger partial charge in [0, 0.05) is 9.50 Å². The summed E-state index contributed by atoms with van der Waals surface area (Å²) < 4.78 is 6.36. The van der Waals surface area contributed by atoms with Crippen LogP contribution in [0.3, 0.4) is 0 Å². The lowest BCUT2D eigenvalue weighted by Gasteiger charge is -2.10. The summed E-state index contributed by atoms with van der Waals surface area (Å²) >= 11 is 9.48. The molecular weight excluding hydrogens is 366 g/mol. The van der Waals surface area contributed by atoms with Gasteiger partial charge in [-0.05, 0) is 70.7 Å². The number of hydrogen-bond donors (Lipinski definition) is 1. The Hall–Kier alpha value is -1.52. The number of ether oxygens (including phenoxy) is 1. The van der Waals surface area contributed by atoms with Gasteiger partial charge in [0.1, 0.15) is 5.75 Å². The molecular formula is C17H17BrClNO2. The van der Waals surface area contributed by atoms with E-state index in [-0.39, 0.29) is 12.5 Å². The van der Waals surface area contributed by atoms with Crippen LogP contribution in [0, 0.1) is 6.92 Å². The topological polar surface area (TPSA) is 38.3 Å². The third-order valence-corrected chi connectivity index (χ3v) is 4.19. The second-order valence-corrected chi connectivity index (χ2v) is 6.19. The zero-order valence-electron chi connectivity index (χ0n) is 12.5. The fourth-order valence-corrected chi connectivity index (χ4v) is 2.81. The Morgan fingerprint density at radius 1 is 1.27 bits per heavy atom. The Kier molecular flexibility index (Phi) is 5.86. The molecule has 0 unspecified atom stereocenters. The summed E-state index contributed by atoms with van der Waals surface area (Å²) in [6, 6.07) is 11.1. The lowest BCUT2D eigenvalue weighted by Crippen LogP contribution is -2.20. The molecule has 0 saturated heterocycles. The van der Waals surface area contributed by atoms with Crippen LogP contribution in [0.1, 0.15) is 18.1 Å². The van der Waals surface area contributed by atoms with E-state index in [2.05, 4.69) is 21.2 Å². The second-order valence-electron chi connectivity index (χ2n) is 4.93. The molecule has 2 aromatic rings. The Labute approximate surface area is 143 Å². The lowest BCUT2D eigenvalue weighted by atomic mass is 10.1. The maximum absolute atomic E-state index is 12.0. The molecule has 0 radical (unpaired) electrons. The molecule has 2 rings (SSSR count). The van der Waals surface area contributed by atoms with Crippen molar-refractivity contribution in [2.24, 2.45) is 0 Å². The highest BCUT2D eigenvalue weighted by Crippen LogP contribution is 2.24. The molecule has 2 aromatic carbocycles. The number of hydrogen-bond acceptors (Lipinski definition) is 2. The van der Waals surface area contributed by atoms with Crippen LogP contribution in [0.4, 0.5) is 5.69 Å². The lowest BCUT2D eigenvalue weighted by molar-refractivity contribution is -0.118. The summed E-state index contributed by atoms with van der Waals surface area (Å²) in [7, 11) is 0. The first-order valence-electron chi connectivity index (χ1n) is 6.97. The van der Waals surface area contributed by atoms with Gasteiger partial charge in [0.2, 0.25) is 0 Å². The first kappa shape index (κ1) is 16.8. The maximum Gasteiger partial charge on any atom is 0.262 e. The quantitative estimate of drug-likeness (QED) is 0.791. The predicted molar refractivity (Wildman–Crippen MR) is 93.8 cm³/mol. The third-order valence-electron chi connectivity index (χ3n) is 3.17. The summed E-state index contributed by atoms with van der Waals surface area (Å²) in [6.07, 6.45) is 0.818. The standard InChI is InChI=1S/C17H17BrClNO2/c1-3-12-9-13(5-6-15(12)19)22-10-17(21)20-16-7-4-11(2)8-14(16)18/h4-9H,3,10H2,1-2H3,(H,20,21). The van der Waals surface area contributed by atoms with E-state index in [1.54, 1.807) is 12.1 Å². The molecule has 0 aromatic heterocycles. The number of carbonyl (C=O) groups excluding carboxylic acids is 1. The van der Waals surface area contributed by atoms with Gasteiger partial charge in [-0.2, -0.15) is 0 Å². The van der Waals surface area contributed by atoms with E-state index in [1.165, 1.54) is 0 Å². The molecule has 0 aliphatic rings. The number of carbonyl (C=O) groups is 1. The Bertz CT molecular complexity index is 688. The van der Waals surface area contributed by atoms with Gasteiger partial charge in [0.25, 0.3) is 5.91 Å². The molecule has 116 valence electrons. The number of amides is 1. The predicted octanol–water partition coefficient (Wildman–Crippen LogP) is 4.99. The van der Waals surface area contributed by atoms with E-state index < -0.39 is 0 Å². The number of halogens is 2. The van der Waals surface area contributed by atoms with Crippen molar-refractivity contribution in [1.29, 1.82) is 0 Å². The number of rotatable bonds is 5. The smallest absolute Gasteiger partial charge is 0.262 e. The van der Waals surface area contributed by atoms with E-state index in [0.717, 1.165) is 27.7 Å². The summed E-state index contributed by atoms with van der Waals surface area (Å²) in [4.78, 5) is 12.0. The van der Waals surface area contributed by atoms with Crippen LogP contribution in [0.2, 0.25) is 5.02 Å². The molecule has 0 bridgehead atoms. The highest BCUT2D eigenvalue weighted by atomic mass is 79.9. The molecule has 1 amide bonds. The summed E-state index contributed by atoms with van der Waals surface area (Å²) in [6.45, 7) is 3.96. The van der Waals surface area contributed by atoms with E-state index in [0.29, 0.717) is 10.8 Å². The van der Waals surface area contributed by atoms with Gasteiger partial charge in [-0.25, -0.2) is 0 Å². The van der Waals surface area contributed by atoms with E-state index in [4.69, 9.17) is 16.3 Å². The minimum absolute atomic E-state index is 0.0505. The van der Waals surface area contributed by atoms with Crippen molar-refractivity contribution in [2.45, 2.75) is 20.3 Å². The average molecular weight is 383 g/mol. The van der Waals surface area contributed by atoms with Gasteiger partial charge in [0.05, 0.1) is 5.69 Å². The van der Waals surface area contributed by atoms with Gasteiger partial charge in [-0.1, -0.05) is 24.6 Å². The number of benzene rings is 2. The van der Waals surface area contributed by atoms with Crippen LogP contribution in [-0.4, -0.2) is 12.5 Å². The highest BCUT2D eigenvalue weighted by molar-refractivity contribution is 9.10. The van der Waals surface area contributed by atoms with Crippen molar-refractivity contribution < 1.29 is 9.53 Å². The van der Waals surface area contributed by atoms with E-state index in [9.17, 15) is 4.79 Å². The average Bonchev–Trinajstić information content (AvgIpc) is 2.49. The number of aryl methyl sites for hydroxylation is 2. The molecule has 0 spiro atoms. The molecule has 0 atom stereocenters. The van der Waals surface area contributed by atoms with Crippen molar-refractivity contribution >= 4 is 39.1 Å². The molecule has 0 saturated carbocycles. The summed E-state index contributed by atoms with van der Waals surface area (Å²) in [5.74, 6) is 0.428. The molecule has 1 N–H and O–H groups in total. The monoisotopic (exact) mass is 381 g/mol. The van der Waals surface area contributed by atoms with Crippen molar-refractivity contribution in [2.75, 3.05) is 11.9 Å². The Morgan fingerprint density at radius 2 is 2.05 bits per heavy atom. The molecule has 0 fully saturated rings. The summed E-state index contributed by atoms with van der Waals surface area (Å²) in [5.41, 5.74) is 2.85. The first-order chi connectivity index (χ1) is 10.5. The largest absolute Gasteiger partial charge is 0.484 e. The molecule has 0 aliphatic heterocycles. The molecule has 0 aliphatic carbocycles. The van der Waals surface area contributed by atoms with Crippen LogP contribution >= 0.6 is 27.5 Å². The first-order valence-corrected chi connectivity index (χ1v) is 8.14. The Morgan fingerprint density at radius 3 is 2.73 bits per heavy atom. The van der Waals surface area contributed by atoms with Crippen LogP contribution in [0.5, 0.6) is 5.75 Å². The Balaban J connectivity index is 1.95. The zero-order chi connectivity index (χ0) is 16.1. The number of nitrogens with one attached hydrogen (secondary N) is 1. The summed E-state index contributed by atoms with van der Waals surface area (Å²) in [5, 5.41) is 3.52. The SMILES string of the molecule is CCc1cc(OCC(=O)Nc2ccc(C)cc2Br)ccc1Cl. The molecule has 5 heteroatoms. The van der Waals surface area contributed by atoms with Crippen LogP contribution in [0.15, 0.2) is 40.9 Å². The zero-order valence-corrected chi connectivity index (χ0v) is 14.8. The van der Waals surface area contributed by atoms with E-state index >= 15 is 0 Å². The highest BCUT2D eigenvalue weighted by Gasteiger charge is 2.08. The van der Waals surface area contributed by atoms with E-state index in [1.807, 2.05) is 38.1 Å². The maximum atomic E-state index is 12.0. The minimum Gasteiger partial charge on any atom is -0.484 e. The van der Waals surface area contributed by atoms with Crippen molar-refractivity contribution in [1.82, 2.24) is 0 Å². The van der Waals surface area contributed by atoms with Gasteiger partial charge in [-0.15, -0.1) is 0 Å². The van der Waals surface area contributed by atoms with Crippen LogP contribution < -0.4 is 10.1 Å². The van der Waals surface area contributed by atoms with Gasteiger partial charge in [-0.3, -0.25) is 4.79 Å². The van der Waals surface area contributed by atoms with Crippen LogP contribution in [0.25, 0.3) is 0 Å². The van der Waals surface area contributed by atoms with Gasteiger partial charge >= 0.3 is 0 Å². The van der Waals surface area contributed by atoms with Crippen molar-refractivity contribution in [3.63, 3.8) is 0 Å². The minimum atomic E-state index is -0.211. The molecule has 3 nitrogen and oxygen atoms in total. The van der Waals surface area contributed by atoms with Crippen LogP contribution in [-0.2, 0) is 11.2 Å². The molecule has 0 heterocycles. The van der Waals surface area contributed by atoms with Gasteiger partial charge in [0.15, 0.2) is 6.61 Å². The third kappa shape index (κ3) is 4.49. The normalized spacial score (nSPS) is 10.4. The fraction of sp³-hybridized carbons (Fsp3) is 0.235. The van der Waals surface area contributed by atoms with Gasteiger partial charge < -0.3 is 10.1 Å². The molecule has 22 heavy (non-hydrogen) atoms. The van der Waals surface area contributed by atoms with Crippen molar-refractivity contribution in [3.8, 4) is 5.75 Å². The number of anilines is 1. The van der Waals surface area contributed by atoms with Crippen molar-refractivity contribution in [3.05, 3.63) is 57.0 Å². The second kappa shape index (κ2) is 7.65. The fourth-order valence-electron chi connectivity index (χ4n) is 1.97.